The monoisotopic (exact) mass is 328 g/mol. The van der Waals surface area contributed by atoms with Crippen molar-refractivity contribution in [1.29, 1.82) is 0 Å². The van der Waals surface area contributed by atoms with Gasteiger partial charge in [-0.1, -0.05) is 35.3 Å². The molecule has 0 radical (unpaired) electrons. The smallest absolute Gasteiger partial charge is 0.271 e. The van der Waals surface area contributed by atoms with Crippen LogP contribution in [0.2, 0.25) is 10.0 Å². The van der Waals surface area contributed by atoms with Crippen molar-refractivity contribution in [1.82, 2.24) is 0 Å². The predicted octanol–water partition coefficient (Wildman–Crippen LogP) is 5.21. The van der Waals surface area contributed by atoms with Crippen molar-refractivity contribution in [3.05, 3.63) is 67.9 Å². The molecule has 0 bridgehead atoms. The van der Waals surface area contributed by atoms with Crippen LogP contribution in [0.25, 0.3) is 0 Å². The Morgan fingerprint density at radius 3 is 2.67 bits per heavy atom. The molecule has 0 aliphatic rings. The minimum absolute atomic E-state index is 0.0349. The van der Waals surface area contributed by atoms with Gasteiger partial charge in [0.15, 0.2) is 0 Å². The maximum atomic E-state index is 13.7. The number of nitro benzene ring substituents is 1. The van der Waals surface area contributed by atoms with Crippen LogP contribution in [0.15, 0.2) is 36.4 Å². The standard InChI is InChI=1S/C14H11Cl2FN2O2/c1-8(10-3-2-4-11(15)14(10)16)18-13-7-9(19(20)21)5-6-12(13)17/h2-8,18H,1H3. The molecule has 2 aromatic rings. The van der Waals surface area contributed by atoms with E-state index in [9.17, 15) is 14.5 Å². The Balaban J connectivity index is 2.31. The van der Waals surface area contributed by atoms with E-state index in [-0.39, 0.29) is 17.4 Å². The molecule has 0 saturated carbocycles. The Labute approximate surface area is 130 Å². The molecule has 0 fully saturated rings. The van der Waals surface area contributed by atoms with Gasteiger partial charge in [-0.15, -0.1) is 0 Å². The number of anilines is 1. The summed E-state index contributed by atoms with van der Waals surface area (Å²) in [5, 5.41) is 14.4. The lowest BCUT2D eigenvalue weighted by Crippen LogP contribution is -2.09. The van der Waals surface area contributed by atoms with Gasteiger partial charge in [0.1, 0.15) is 5.82 Å². The largest absolute Gasteiger partial charge is 0.376 e. The highest BCUT2D eigenvalue weighted by Gasteiger charge is 2.16. The number of hydrogen-bond donors (Lipinski definition) is 1. The second kappa shape index (κ2) is 6.28. The van der Waals surface area contributed by atoms with Gasteiger partial charge in [-0.05, 0) is 24.6 Å². The maximum absolute atomic E-state index is 13.7. The van der Waals surface area contributed by atoms with Crippen LogP contribution >= 0.6 is 23.2 Å². The second-order valence-electron chi connectivity index (χ2n) is 4.43. The Bertz CT molecular complexity index is 695. The van der Waals surface area contributed by atoms with E-state index in [1.165, 1.54) is 0 Å². The van der Waals surface area contributed by atoms with Crippen molar-refractivity contribution in [2.75, 3.05) is 5.32 Å². The summed E-state index contributed by atoms with van der Waals surface area (Å²) >= 11 is 12.0. The van der Waals surface area contributed by atoms with E-state index in [0.717, 1.165) is 18.2 Å². The number of benzene rings is 2. The van der Waals surface area contributed by atoms with E-state index >= 15 is 0 Å². The molecular weight excluding hydrogens is 318 g/mol. The summed E-state index contributed by atoms with van der Waals surface area (Å²) in [6.07, 6.45) is 0. The topological polar surface area (TPSA) is 55.2 Å². The summed E-state index contributed by atoms with van der Waals surface area (Å²) in [6.45, 7) is 1.76. The zero-order valence-electron chi connectivity index (χ0n) is 10.9. The lowest BCUT2D eigenvalue weighted by molar-refractivity contribution is -0.384. The third-order valence-corrected chi connectivity index (χ3v) is 3.81. The molecule has 0 aromatic heterocycles. The molecule has 0 heterocycles. The number of nitrogens with zero attached hydrogens (tertiary/aromatic N) is 1. The summed E-state index contributed by atoms with van der Waals surface area (Å²) in [7, 11) is 0. The Hall–Kier alpha value is -1.85. The number of non-ortho nitro benzene ring substituents is 1. The molecule has 1 atom stereocenters. The molecule has 21 heavy (non-hydrogen) atoms. The molecule has 110 valence electrons. The van der Waals surface area contributed by atoms with Crippen LogP contribution < -0.4 is 5.32 Å². The average molecular weight is 329 g/mol. The molecule has 0 amide bonds. The van der Waals surface area contributed by atoms with Crippen LogP contribution in [0.1, 0.15) is 18.5 Å². The lowest BCUT2D eigenvalue weighted by Gasteiger charge is -2.18. The normalized spacial score (nSPS) is 12.0. The van der Waals surface area contributed by atoms with Crippen molar-refractivity contribution < 1.29 is 9.31 Å². The average Bonchev–Trinajstić information content (AvgIpc) is 2.43. The molecule has 4 nitrogen and oxygen atoms in total. The molecule has 0 saturated heterocycles. The van der Waals surface area contributed by atoms with Crippen molar-refractivity contribution >= 4 is 34.6 Å². The quantitative estimate of drug-likeness (QED) is 0.618. The van der Waals surface area contributed by atoms with Gasteiger partial charge in [-0.3, -0.25) is 10.1 Å². The number of nitro groups is 1. The summed E-state index contributed by atoms with van der Waals surface area (Å²) < 4.78 is 13.7. The third-order valence-electron chi connectivity index (χ3n) is 2.98. The van der Waals surface area contributed by atoms with Crippen molar-refractivity contribution in [3.8, 4) is 0 Å². The van der Waals surface area contributed by atoms with Gasteiger partial charge < -0.3 is 5.32 Å². The molecule has 2 aromatic carbocycles. The highest BCUT2D eigenvalue weighted by Crippen LogP contribution is 2.32. The molecule has 0 spiro atoms. The van der Waals surface area contributed by atoms with Crippen LogP contribution in [0.3, 0.4) is 0 Å². The number of halogens is 3. The summed E-state index contributed by atoms with van der Waals surface area (Å²) in [4.78, 5) is 10.2. The van der Waals surface area contributed by atoms with Gasteiger partial charge in [0, 0.05) is 12.1 Å². The van der Waals surface area contributed by atoms with Crippen LogP contribution in [-0.4, -0.2) is 4.92 Å². The van der Waals surface area contributed by atoms with E-state index in [2.05, 4.69) is 5.32 Å². The third kappa shape index (κ3) is 3.43. The molecule has 0 aliphatic carbocycles. The van der Waals surface area contributed by atoms with E-state index < -0.39 is 10.7 Å². The van der Waals surface area contributed by atoms with Gasteiger partial charge in [0.05, 0.1) is 26.7 Å². The molecule has 1 N–H and O–H groups in total. The first-order valence-electron chi connectivity index (χ1n) is 6.04. The van der Waals surface area contributed by atoms with Crippen LogP contribution in [-0.2, 0) is 0 Å². The number of hydrogen-bond acceptors (Lipinski definition) is 3. The zero-order chi connectivity index (χ0) is 15.6. The molecule has 1 unspecified atom stereocenters. The van der Waals surface area contributed by atoms with Crippen molar-refractivity contribution in [3.63, 3.8) is 0 Å². The van der Waals surface area contributed by atoms with E-state index in [4.69, 9.17) is 23.2 Å². The fourth-order valence-corrected chi connectivity index (χ4v) is 2.37. The van der Waals surface area contributed by atoms with E-state index in [1.54, 1.807) is 25.1 Å². The number of rotatable bonds is 4. The summed E-state index contributed by atoms with van der Waals surface area (Å²) in [5.41, 5.74) is 0.520. The minimum atomic E-state index is -0.582. The summed E-state index contributed by atoms with van der Waals surface area (Å²) in [5.74, 6) is -0.578. The first-order valence-corrected chi connectivity index (χ1v) is 6.80. The first kappa shape index (κ1) is 15.5. The van der Waals surface area contributed by atoms with Gasteiger partial charge in [0.25, 0.3) is 5.69 Å². The Morgan fingerprint density at radius 1 is 1.29 bits per heavy atom. The highest BCUT2D eigenvalue weighted by atomic mass is 35.5. The van der Waals surface area contributed by atoms with Gasteiger partial charge in [0.2, 0.25) is 0 Å². The van der Waals surface area contributed by atoms with Crippen LogP contribution in [0.4, 0.5) is 15.8 Å². The fraction of sp³-hybridized carbons (Fsp3) is 0.143. The minimum Gasteiger partial charge on any atom is -0.376 e. The highest BCUT2D eigenvalue weighted by molar-refractivity contribution is 6.42. The Kier molecular flexibility index (Phi) is 4.65. The van der Waals surface area contributed by atoms with Gasteiger partial charge >= 0.3 is 0 Å². The maximum Gasteiger partial charge on any atom is 0.271 e. The molecule has 7 heteroatoms. The van der Waals surface area contributed by atoms with Gasteiger partial charge in [-0.2, -0.15) is 0 Å². The summed E-state index contributed by atoms with van der Waals surface area (Å²) in [6, 6.07) is 8.06. The fourth-order valence-electron chi connectivity index (χ4n) is 1.90. The zero-order valence-corrected chi connectivity index (χ0v) is 12.5. The second-order valence-corrected chi connectivity index (χ2v) is 5.22. The number of nitrogens with one attached hydrogen (secondary N) is 1. The van der Waals surface area contributed by atoms with Crippen molar-refractivity contribution in [2.24, 2.45) is 0 Å². The first-order chi connectivity index (χ1) is 9.90. The molecule has 2 rings (SSSR count). The molecule has 0 aliphatic heterocycles. The van der Waals surface area contributed by atoms with Crippen molar-refractivity contribution in [2.45, 2.75) is 13.0 Å². The SMILES string of the molecule is CC(Nc1cc([N+](=O)[O-])ccc1F)c1cccc(Cl)c1Cl. The predicted molar refractivity (Wildman–Crippen MR) is 81.6 cm³/mol. The van der Waals surface area contributed by atoms with Crippen LogP contribution in [0, 0.1) is 15.9 Å². The Morgan fingerprint density at radius 2 is 2.00 bits per heavy atom. The van der Waals surface area contributed by atoms with E-state index in [1.807, 2.05) is 0 Å². The van der Waals surface area contributed by atoms with E-state index in [0.29, 0.717) is 15.6 Å². The van der Waals surface area contributed by atoms with Crippen LogP contribution in [0.5, 0.6) is 0 Å². The van der Waals surface area contributed by atoms with Gasteiger partial charge in [-0.25, -0.2) is 4.39 Å². The molecular formula is C14H11Cl2FN2O2. The lowest BCUT2D eigenvalue weighted by atomic mass is 10.1.